The van der Waals surface area contributed by atoms with Crippen molar-refractivity contribution in [2.75, 3.05) is 24.2 Å². The number of hydrogen-bond acceptors (Lipinski definition) is 7. The Bertz CT molecular complexity index is 1160. The highest BCUT2D eigenvalue weighted by Crippen LogP contribution is 2.27. The summed E-state index contributed by atoms with van der Waals surface area (Å²) in [4.78, 5) is 29.5. The fourth-order valence-corrected chi connectivity index (χ4v) is 3.06. The van der Waals surface area contributed by atoms with E-state index in [2.05, 4.69) is 4.98 Å². The van der Waals surface area contributed by atoms with Crippen molar-refractivity contribution >= 4 is 32.9 Å². The third-order valence-corrected chi connectivity index (χ3v) is 4.46. The van der Waals surface area contributed by atoms with Gasteiger partial charge in [0.25, 0.3) is 10.1 Å². The molecule has 2 atom stereocenters. The first-order valence-electron chi connectivity index (χ1n) is 9.07. The third kappa shape index (κ3) is 5.74. The number of carboxylic acid groups (broad SMARTS) is 1. The van der Waals surface area contributed by atoms with Gasteiger partial charge in [-0.05, 0) is 26.8 Å². The average Bonchev–Trinajstić information content (AvgIpc) is 2.91. The van der Waals surface area contributed by atoms with Crippen molar-refractivity contribution in [1.82, 2.24) is 9.55 Å². The van der Waals surface area contributed by atoms with Gasteiger partial charge in [0.05, 0.1) is 24.2 Å². The predicted octanol–water partition coefficient (Wildman–Crippen LogP) is 0.978. The lowest BCUT2D eigenvalue weighted by Gasteiger charge is -2.26. The molecule has 0 unspecified atom stereocenters. The molecule has 2 aromatic heterocycles. The first kappa shape index (κ1) is 24.6. The van der Waals surface area contributed by atoms with Crippen LogP contribution in [-0.4, -0.2) is 65.2 Å². The minimum atomic E-state index is -3.67. The van der Waals surface area contributed by atoms with Crippen LogP contribution in [0, 0.1) is 5.82 Å². The lowest BCUT2D eigenvalue weighted by molar-refractivity contribution is 0.0694. The van der Waals surface area contributed by atoms with E-state index in [1.165, 1.54) is 15.7 Å². The van der Waals surface area contributed by atoms with Crippen molar-refractivity contribution < 1.29 is 31.7 Å². The summed E-state index contributed by atoms with van der Waals surface area (Å²) in [5, 5.41) is 9.14. The number of alkyl halides is 1. The van der Waals surface area contributed by atoms with Crippen LogP contribution in [0.4, 0.5) is 14.6 Å². The maximum absolute atomic E-state index is 14.6. The Morgan fingerprint density at radius 2 is 1.87 bits per heavy atom. The number of nitrogens with zero attached hydrogens (tertiary/aromatic N) is 3. The summed E-state index contributed by atoms with van der Waals surface area (Å²) in [7, 11) is -3.67. The number of pyridine rings is 2. The topological polar surface area (TPSA) is 156 Å². The zero-order valence-corrected chi connectivity index (χ0v) is 18.2. The molecular formula is C18H24F2N4O6S. The van der Waals surface area contributed by atoms with Gasteiger partial charge < -0.3 is 20.3 Å². The number of halogens is 2. The van der Waals surface area contributed by atoms with E-state index in [0.717, 1.165) is 6.07 Å². The molecule has 10 nitrogen and oxygen atoms in total. The van der Waals surface area contributed by atoms with Gasteiger partial charge in [-0.2, -0.15) is 8.42 Å². The van der Waals surface area contributed by atoms with Crippen LogP contribution in [0.2, 0.25) is 0 Å². The van der Waals surface area contributed by atoms with Gasteiger partial charge in [0, 0.05) is 18.3 Å². The highest BCUT2D eigenvalue weighted by Gasteiger charge is 2.33. The standard InChI is InChI=1S/C17H20F2N4O3.CH4O3S/c1-17(2,3)23-5-9(16(25)26)13(24)8-4-10(18)15(21-14(8)23)22-6-11(19)12(20)7-22;1-5(2,3)4/h4-5,11-12H,6-7,20H2,1-3H3,(H,25,26);1H3,(H,2,3,4)/t11-,12+;/m0./s1. The van der Waals surface area contributed by atoms with E-state index in [4.69, 9.17) is 10.3 Å². The number of carbonyl (C=O) groups is 1. The first-order valence-corrected chi connectivity index (χ1v) is 10.9. The summed E-state index contributed by atoms with van der Waals surface area (Å²) >= 11 is 0. The maximum atomic E-state index is 14.6. The van der Waals surface area contributed by atoms with Crippen molar-refractivity contribution in [2.24, 2.45) is 5.73 Å². The number of nitrogens with two attached hydrogens (primary N) is 1. The Balaban J connectivity index is 0.000000614. The molecule has 1 aliphatic heterocycles. The van der Waals surface area contributed by atoms with Gasteiger partial charge in [-0.15, -0.1) is 0 Å². The van der Waals surface area contributed by atoms with E-state index < -0.39 is 50.6 Å². The van der Waals surface area contributed by atoms with Gasteiger partial charge in [-0.3, -0.25) is 9.35 Å². The number of hydrogen-bond donors (Lipinski definition) is 3. The SMILES string of the molecule is CC(C)(C)n1cc(C(=O)O)c(=O)c2cc(F)c(N3C[C@@H](N)[C@@H](F)C3)nc21.CS(=O)(=O)O. The van der Waals surface area contributed by atoms with Gasteiger partial charge in [0.15, 0.2) is 11.6 Å². The average molecular weight is 462 g/mol. The summed E-state index contributed by atoms with van der Waals surface area (Å²) in [6.45, 7) is 5.41. The molecule has 4 N–H and O–H groups in total. The molecule has 1 fully saturated rings. The molecule has 3 heterocycles. The second kappa shape index (κ2) is 8.48. The number of aromatic carboxylic acids is 1. The molecule has 31 heavy (non-hydrogen) atoms. The smallest absolute Gasteiger partial charge is 0.341 e. The first-order chi connectivity index (χ1) is 14.0. The molecule has 0 spiro atoms. The zero-order valence-electron chi connectivity index (χ0n) is 17.3. The van der Waals surface area contributed by atoms with Crippen LogP contribution in [-0.2, 0) is 15.7 Å². The van der Waals surface area contributed by atoms with Crippen LogP contribution >= 0.6 is 0 Å². The molecule has 0 saturated carbocycles. The van der Waals surface area contributed by atoms with Crippen molar-refractivity contribution in [3.05, 3.63) is 33.9 Å². The molecule has 0 aliphatic carbocycles. The summed E-state index contributed by atoms with van der Waals surface area (Å²) in [5.41, 5.74) is 3.90. The molecule has 1 saturated heterocycles. The molecule has 0 bridgehead atoms. The molecule has 13 heteroatoms. The number of rotatable bonds is 2. The lowest BCUT2D eigenvalue weighted by atomic mass is 10.1. The molecule has 172 valence electrons. The van der Waals surface area contributed by atoms with Gasteiger partial charge in [-0.1, -0.05) is 0 Å². The highest BCUT2D eigenvalue weighted by molar-refractivity contribution is 7.85. The van der Waals surface area contributed by atoms with Crippen molar-refractivity contribution in [3.63, 3.8) is 0 Å². The van der Waals surface area contributed by atoms with Gasteiger partial charge in [0.2, 0.25) is 5.43 Å². The lowest BCUT2D eigenvalue weighted by Crippen LogP contribution is -2.31. The fourth-order valence-electron chi connectivity index (χ4n) is 3.06. The largest absolute Gasteiger partial charge is 0.477 e. The summed E-state index contributed by atoms with van der Waals surface area (Å²) in [6.07, 6.45) is 0.619. The Kier molecular flexibility index (Phi) is 6.73. The Morgan fingerprint density at radius 1 is 1.32 bits per heavy atom. The van der Waals surface area contributed by atoms with E-state index in [1.54, 1.807) is 20.8 Å². The van der Waals surface area contributed by atoms with Crippen molar-refractivity contribution in [2.45, 2.75) is 38.5 Å². The molecule has 2 aromatic rings. The van der Waals surface area contributed by atoms with Crippen molar-refractivity contribution in [3.8, 4) is 0 Å². The van der Waals surface area contributed by atoms with E-state index in [1.807, 2.05) is 0 Å². The number of anilines is 1. The van der Waals surface area contributed by atoms with E-state index in [-0.39, 0.29) is 29.9 Å². The Labute approximate surface area is 177 Å². The summed E-state index contributed by atoms with van der Waals surface area (Å²) in [6, 6.07) is 0.220. The molecule has 0 aromatic carbocycles. The molecule has 1 aliphatic rings. The number of carboxylic acids is 1. The van der Waals surface area contributed by atoms with Gasteiger partial charge in [-0.25, -0.2) is 18.6 Å². The second-order valence-electron chi connectivity index (χ2n) is 8.20. The minimum Gasteiger partial charge on any atom is -0.477 e. The van der Waals surface area contributed by atoms with E-state index in [0.29, 0.717) is 6.26 Å². The van der Waals surface area contributed by atoms with Crippen LogP contribution in [0.5, 0.6) is 0 Å². The van der Waals surface area contributed by atoms with Crippen LogP contribution in [0.3, 0.4) is 0 Å². The Morgan fingerprint density at radius 3 is 2.29 bits per heavy atom. The summed E-state index contributed by atoms with van der Waals surface area (Å²) in [5.74, 6) is -2.32. The normalized spacial score (nSPS) is 19.3. The minimum absolute atomic E-state index is 0.0937. The second-order valence-corrected chi connectivity index (χ2v) is 9.67. The van der Waals surface area contributed by atoms with Crippen LogP contribution in [0.25, 0.3) is 11.0 Å². The quantitative estimate of drug-likeness (QED) is 0.554. The van der Waals surface area contributed by atoms with Gasteiger partial charge >= 0.3 is 5.97 Å². The predicted molar refractivity (Wildman–Crippen MR) is 110 cm³/mol. The maximum Gasteiger partial charge on any atom is 0.341 e. The van der Waals surface area contributed by atoms with Crippen molar-refractivity contribution in [1.29, 1.82) is 0 Å². The third-order valence-electron chi connectivity index (χ3n) is 4.46. The number of aromatic nitrogens is 2. The molecular weight excluding hydrogens is 438 g/mol. The zero-order chi connectivity index (χ0) is 23.9. The van der Waals surface area contributed by atoms with Crippen LogP contribution in [0.15, 0.2) is 17.1 Å². The van der Waals surface area contributed by atoms with E-state index >= 15 is 0 Å². The van der Waals surface area contributed by atoms with Crippen LogP contribution in [0.1, 0.15) is 31.1 Å². The monoisotopic (exact) mass is 462 g/mol. The Hall–Kier alpha value is -2.64. The fraction of sp³-hybridized carbons (Fsp3) is 0.500. The van der Waals surface area contributed by atoms with Gasteiger partial charge in [0.1, 0.15) is 17.4 Å². The van der Waals surface area contributed by atoms with E-state index in [9.17, 15) is 31.9 Å². The highest BCUT2D eigenvalue weighted by atomic mass is 32.2. The summed E-state index contributed by atoms with van der Waals surface area (Å²) < 4.78 is 55.7. The molecule has 3 rings (SSSR count). The molecule has 0 radical (unpaired) electrons. The van der Waals surface area contributed by atoms with Crippen LogP contribution < -0.4 is 16.1 Å². The molecule has 0 amide bonds. The number of fused-ring (bicyclic) bond motifs is 1.